The predicted molar refractivity (Wildman–Crippen MR) is 67.9 cm³/mol. The van der Waals surface area contributed by atoms with Gasteiger partial charge >= 0.3 is 0 Å². The Morgan fingerprint density at radius 1 is 1.47 bits per heavy atom. The van der Waals surface area contributed by atoms with Crippen LogP contribution in [-0.4, -0.2) is 17.1 Å². The van der Waals surface area contributed by atoms with Gasteiger partial charge in [0.25, 0.3) is 0 Å². The number of halogens is 1. The number of rotatable bonds is 5. The highest BCUT2D eigenvalue weighted by molar-refractivity contribution is 9.10. The van der Waals surface area contributed by atoms with Crippen molar-refractivity contribution >= 4 is 21.6 Å². The minimum atomic E-state index is -0.122. The summed E-state index contributed by atoms with van der Waals surface area (Å²) in [5.41, 5.74) is 7.12. The van der Waals surface area contributed by atoms with E-state index in [0.29, 0.717) is 0 Å². The molecule has 0 aliphatic heterocycles. The zero-order valence-electron chi connectivity index (χ0n) is 9.26. The lowest BCUT2D eigenvalue weighted by Crippen LogP contribution is -2.45. The van der Waals surface area contributed by atoms with Crippen LogP contribution in [-0.2, 0) is 0 Å². The Hall–Kier alpha value is -0.610. The van der Waals surface area contributed by atoms with E-state index in [9.17, 15) is 0 Å². The van der Waals surface area contributed by atoms with E-state index in [-0.39, 0.29) is 5.54 Å². The van der Waals surface area contributed by atoms with Crippen LogP contribution in [0.3, 0.4) is 0 Å². The van der Waals surface area contributed by atoms with Gasteiger partial charge in [-0.25, -0.2) is 0 Å². The van der Waals surface area contributed by atoms with Crippen LogP contribution in [0, 0.1) is 0 Å². The molecule has 0 unspecified atom stereocenters. The topological polar surface area (TPSA) is 50.9 Å². The van der Waals surface area contributed by atoms with Crippen molar-refractivity contribution in [2.75, 3.05) is 11.9 Å². The summed E-state index contributed by atoms with van der Waals surface area (Å²) in [4.78, 5) is 4.01. The van der Waals surface area contributed by atoms with Crippen molar-refractivity contribution < 1.29 is 0 Å². The van der Waals surface area contributed by atoms with E-state index in [1.54, 1.807) is 12.4 Å². The molecule has 0 fully saturated rings. The number of hydrogen-bond donors (Lipinski definition) is 2. The number of nitrogens with one attached hydrogen (secondary N) is 1. The van der Waals surface area contributed by atoms with Crippen molar-refractivity contribution in [2.45, 2.75) is 32.2 Å². The molecule has 0 amide bonds. The van der Waals surface area contributed by atoms with Crippen LogP contribution in [0.25, 0.3) is 0 Å². The van der Waals surface area contributed by atoms with Gasteiger partial charge in [-0.15, -0.1) is 0 Å². The second-order valence-corrected chi connectivity index (χ2v) is 4.63. The maximum atomic E-state index is 6.20. The van der Waals surface area contributed by atoms with Gasteiger partial charge in [-0.3, -0.25) is 4.98 Å². The van der Waals surface area contributed by atoms with Gasteiger partial charge < -0.3 is 11.1 Å². The molecule has 3 nitrogen and oxygen atoms in total. The Kier molecular flexibility index (Phi) is 4.54. The number of nitrogens with two attached hydrogens (primary N) is 1. The molecule has 15 heavy (non-hydrogen) atoms. The second-order valence-electron chi connectivity index (χ2n) is 3.78. The van der Waals surface area contributed by atoms with Gasteiger partial charge in [0.15, 0.2) is 0 Å². The summed E-state index contributed by atoms with van der Waals surface area (Å²) in [5.74, 6) is 0. The molecular formula is C11H18BrN3. The maximum absolute atomic E-state index is 6.20. The number of pyridine rings is 1. The van der Waals surface area contributed by atoms with Gasteiger partial charge in [0, 0.05) is 24.5 Å². The lowest BCUT2D eigenvalue weighted by molar-refractivity contribution is 0.418. The lowest BCUT2D eigenvalue weighted by Gasteiger charge is -2.27. The molecule has 1 aromatic heterocycles. The van der Waals surface area contributed by atoms with Crippen LogP contribution < -0.4 is 11.1 Å². The SMILES string of the molecule is CCC(N)(CC)CNc1ccncc1Br. The average molecular weight is 272 g/mol. The monoisotopic (exact) mass is 271 g/mol. The number of nitrogens with zero attached hydrogens (tertiary/aromatic N) is 1. The summed E-state index contributed by atoms with van der Waals surface area (Å²) in [5, 5.41) is 3.34. The minimum Gasteiger partial charge on any atom is -0.382 e. The molecule has 4 heteroatoms. The van der Waals surface area contributed by atoms with Gasteiger partial charge in [-0.2, -0.15) is 0 Å². The molecular weight excluding hydrogens is 254 g/mol. The van der Waals surface area contributed by atoms with Gasteiger partial charge in [0.1, 0.15) is 0 Å². The molecule has 1 aromatic rings. The third-order valence-corrected chi connectivity index (χ3v) is 3.44. The molecule has 0 saturated carbocycles. The molecule has 0 spiro atoms. The molecule has 0 atom stereocenters. The van der Waals surface area contributed by atoms with E-state index < -0.39 is 0 Å². The summed E-state index contributed by atoms with van der Waals surface area (Å²) in [6, 6.07) is 1.94. The number of aromatic nitrogens is 1. The molecule has 1 heterocycles. The third kappa shape index (κ3) is 3.47. The van der Waals surface area contributed by atoms with Crippen LogP contribution in [0.1, 0.15) is 26.7 Å². The molecule has 3 N–H and O–H groups in total. The van der Waals surface area contributed by atoms with Crippen LogP contribution in [0.15, 0.2) is 22.9 Å². The Bertz CT molecular complexity index is 310. The van der Waals surface area contributed by atoms with E-state index in [0.717, 1.165) is 29.5 Å². The number of anilines is 1. The summed E-state index contributed by atoms with van der Waals surface area (Å²) >= 11 is 3.44. The molecule has 0 aromatic carbocycles. The van der Waals surface area contributed by atoms with E-state index in [1.807, 2.05) is 6.07 Å². The van der Waals surface area contributed by atoms with E-state index in [2.05, 4.69) is 40.1 Å². The summed E-state index contributed by atoms with van der Waals surface area (Å²) in [6.07, 6.45) is 5.49. The molecule has 0 aliphatic carbocycles. The van der Waals surface area contributed by atoms with E-state index >= 15 is 0 Å². The van der Waals surface area contributed by atoms with Crippen LogP contribution in [0.5, 0.6) is 0 Å². The van der Waals surface area contributed by atoms with Gasteiger partial charge in [-0.1, -0.05) is 13.8 Å². The summed E-state index contributed by atoms with van der Waals surface area (Å²) in [6.45, 7) is 5.02. The first-order valence-electron chi connectivity index (χ1n) is 5.23. The first kappa shape index (κ1) is 12.5. The molecule has 0 bridgehead atoms. The number of hydrogen-bond acceptors (Lipinski definition) is 3. The molecule has 0 saturated heterocycles. The van der Waals surface area contributed by atoms with Crippen LogP contribution in [0.2, 0.25) is 0 Å². The van der Waals surface area contributed by atoms with Crippen molar-refractivity contribution in [3.8, 4) is 0 Å². The molecule has 1 rings (SSSR count). The molecule has 0 aliphatic rings. The lowest BCUT2D eigenvalue weighted by atomic mass is 9.94. The maximum Gasteiger partial charge on any atom is 0.0590 e. The fourth-order valence-electron chi connectivity index (χ4n) is 1.29. The zero-order chi connectivity index (χ0) is 11.3. The van der Waals surface area contributed by atoms with Crippen molar-refractivity contribution in [1.82, 2.24) is 4.98 Å². The van der Waals surface area contributed by atoms with Gasteiger partial charge in [0.05, 0.1) is 10.2 Å². The molecule has 84 valence electrons. The largest absolute Gasteiger partial charge is 0.382 e. The van der Waals surface area contributed by atoms with E-state index in [1.165, 1.54) is 0 Å². The van der Waals surface area contributed by atoms with Crippen LogP contribution in [0.4, 0.5) is 5.69 Å². The zero-order valence-corrected chi connectivity index (χ0v) is 10.8. The first-order chi connectivity index (χ1) is 7.11. The highest BCUT2D eigenvalue weighted by Crippen LogP contribution is 2.21. The van der Waals surface area contributed by atoms with Crippen LogP contribution >= 0.6 is 15.9 Å². The second kappa shape index (κ2) is 5.47. The minimum absolute atomic E-state index is 0.122. The Morgan fingerprint density at radius 3 is 2.67 bits per heavy atom. The Balaban J connectivity index is 2.61. The highest BCUT2D eigenvalue weighted by Gasteiger charge is 2.19. The molecule has 0 radical (unpaired) electrons. The summed E-state index contributed by atoms with van der Waals surface area (Å²) < 4.78 is 0.972. The van der Waals surface area contributed by atoms with Crippen molar-refractivity contribution in [3.63, 3.8) is 0 Å². The quantitative estimate of drug-likeness (QED) is 0.866. The first-order valence-corrected chi connectivity index (χ1v) is 6.03. The Morgan fingerprint density at radius 2 is 2.13 bits per heavy atom. The third-order valence-electron chi connectivity index (χ3n) is 2.81. The fraction of sp³-hybridized carbons (Fsp3) is 0.545. The summed E-state index contributed by atoms with van der Waals surface area (Å²) in [7, 11) is 0. The Labute approximate surface area is 99.6 Å². The van der Waals surface area contributed by atoms with Crippen molar-refractivity contribution in [1.29, 1.82) is 0 Å². The van der Waals surface area contributed by atoms with Gasteiger partial charge in [0.2, 0.25) is 0 Å². The van der Waals surface area contributed by atoms with E-state index in [4.69, 9.17) is 5.73 Å². The van der Waals surface area contributed by atoms with Gasteiger partial charge in [-0.05, 0) is 34.8 Å². The fourth-order valence-corrected chi connectivity index (χ4v) is 1.68. The smallest absolute Gasteiger partial charge is 0.0590 e. The average Bonchev–Trinajstić information content (AvgIpc) is 2.28. The van der Waals surface area contributed by atoms with Crippen molar-refractivity contribution in [3.05, 3.63) is 22.9 Å². The standard InChI is InChI=1S/C11H18BrN3/c1-3-11(13,4-2)8-15-10-5-6-14-7-9(10)12/h5-7H,3-4,8,13H2,1-2H3,(H,14,15). The van der Waals surface area contributed by atoms with Crippen molar-refractivity contribution in [2.24, 2.45) is 5.73 Å². The normalized spacial score (nSPS) is 11.5. The highest BCUT2D eigenvalue weighted by atomic mass is 79.9. The predicted octanol–water partition coefficient (Wildman–Crippen LogP) is 2.77.